The minimum Gasteiger partial charge on any atom is -0.302 e. The van der Waals surface area contributed by atoms with Gasteiger partial charge < -0.3 is 4.90 Å². The number of likely N-dealkylation sites (N-methyl/N-ethyl adjacent to an activating group) is 1. The first kappa shape index (κ1) is 12.8. The zero-order valence-electron chi connectivity index (χ0n) is 12.5. The zero-order chi connectivity index (χ0) is 13.5. The molecule has 0 atom stereocenters. The lowest BCUT2D eigenvalue weighted by atomic mass is 9.54. The van der Waals surface area contributed by atoms with Gasteiger partial charge in [0.05, 0.1) is 0 Å². The van der Waals surface area contributed by atoms with Crippen molar-refractivity contribution in [3.8, 4) is 0 Å². The van der Waals surface area contributed by atoms with Crippen molar-refractivity contribution in [3.63, 3.8) is 0 Å². The largest absolute Gasteiger partial charge is 0.302 e. The smallest absolute Gasteiger partial charge is 0.0416 e. The molecule has 108 valence electrons. The minimum atomic E-state index is 0.867. The third-order valence-electron chi connectivity index (χ3n) is 6.13. The van der Waals surface area contributed by atoms with Crippen molar-refractivity contribution in [2.75, 3.05) is 13.6 Å². The maximum atomic E-state index is 4.46. The lowest BCUT2D eigenvalue weighted by Gasteiger charge is -2.56. The summed E-state index contributed by atoms with van der Waals surface area (Å²) in [5.74, 6) is 4.16. The highest BCUT2D eigenvalue weighted by molar-refractivity contribution is 5.05. The summed E-state index contributed by atoms with van der Waals surface area (Å²) in [5.41, 5.74) is 1.24. The van der Waals surface area contributed by atoms with Crippen LogP contribution in [0.5, 0.6) is 0 Å². The van der Waals surface area contributed by atoms with Crippen LogP contribution in [0, 0.1) is 23.7 Å². The Bertz CT molecular complexity index is 428. The Balaban J connectivity index is 1.40. The van der Waals surface area contributed by atoms with Crippen molar-refractivity contribution in [1.29, 1.82) is 0 Å². The molecule has 1 aromatic rings. The molecule has 4 bridgehead atoms. The molecule has 0 radical (unpaired) electrons. The van der Waals surface area contributed by atoms with Gasteiger partial charge in [-0.1, -0.05) is 6.07 Å². The SMILES string of the molecule is CN(CCc1ccccn1)C1C2CC3CC(C2)CC1C3. The molecule has 1 aromatic heterocycles. The van der Waals surface area contributed by atoms with Crippen molar-refractivity contribution >= 4 is 0 Å². The Morgan fingerprint density at radius 2 is 1.75 bits per heavy atom. The van der Waals surface area contributed by atoms with Gasteiger partial charge in [0.15, 0.2) is 0 Å². The van der Waals surface area contributed by atoms with Gasteiger partial charge in [-0.3, -0.25) is 4.98 Å². The third-order valence-corrected chi connectivity index (χ3v) is 6.13. The molecule has 20 heavy (non-hydrogen) atoms. The highest BCUT2D eigenvalue weighted by Gasteiger charge is 2.49. The fraction of sp³-hybridized carbons (Fsp3) is 0.722. The molecule has 4 saturated carbocycles. The van der Waals surface area contributed by atoms with Crippen LogP contribution in [0.1, 0.15) is 37.8 Å². The van der Waals surface area contributed by atoms with E-state index in [2.05, 4.69) is 29.1 Å². The summed E-state index contributed by atoms with van der Waals surface area (Å²) < 4.78 is 0. The number of pyridine rings is 1. The first-order valence-corrected chi connectivity index (χ1v) is 8.39. The summed E-state index contributed by atoms with van der Waals surface area (Å²) >= 11 is 0. The summed E-state index contributed by atoms with van der Waals surface area (Å²) in [6.45, 7) is 1.17. The van der Waals surface area contributed by atoms with Gasteiger partial charge in [-0.15, -0.1) is 0 Å². The molecule has 0 unspecified atom stereocenters. The average molecular weight is 270 g/mol. The fourth-order valence-corrected chi connectivity index (χ4v) is 5.60. The second kappa shape index (κ2) is 5.14. The quantitative estimate of drug-likeness (QED) is 0.834. The van der Waals surface area contributed by atoms with Crippen molar-refractivity contribution in [2.45, 2.75) is 44.6 Å². The highest BCUT2D eigenvalue weighted by Crippen LogP contribution is 2.54. The Morgan fingerprint density at radius 3 is 2.35 bits per heavy atom. The van der Waals surface area contributed by atoms with Gasteiger partial charge in [0.2, 0.25) is 0 Å². The second-order valence-corrected chi connectivity index (χ2v) is 7.47. The molecular weight excluding hydrogens is 244 g/mol. The van der Waals surface area contributed by atoms with E-state index in [0.717, 1.165) is 36.1 Å². The fourth-order valence-electron chi connectivity index (χ4n) is 5.60. The van der Waals surface area contributed by atoms with Crippen LogP contribution >= 0.6 is 0 Å². The zero-order valence-corrected chi connectivity index (χ0v) is 12.5. The molecule has 0 amide bonds. The van der Waals surface area contributed by atoms with Crippen LogP contribution in [0.2, 0.25) is 0 Å². The van der Waals surface area contributed by atoms with E-state index >= 15 is 0 Å². The Labute approximate surface area is 122 Å². The van der Waals surface area contributed by atoms with Crippen LogP contribution in [-0.2, 0) is 6.42 Å². The maximum absolute atomic E-state index is 4.46. The predicted molar refractivity (Wildman–Crippen MR) is 81.4 cm³/mol. The monoisotopic (exact) mass is 270 g/mol. The second-order valence-electron chi connectivity index (χ2n) is 7.47. The first-order chi connectivity index (χ1) is 9.79. The molecule has 0 aliphatic heterocycles. The average Bonchev–Trinajstić information content (AvgIpc) is 2.45. The molecular formula is C18H26N2. The molecule has 0 N–H and O–H groups in total. The van der Waals surface area contributed by atoms with E-state index in [1.807, 2.05) is 12.3 Å². The minimum absolute atomic E-state index is 0.867. The van der Waals surface area contributed by atoms with Crippen molar-refractivity contribution in [1.82, 2.24) is 9.88 Å². The summed E-state index contributed by atoms with van der Waals surface area (Å²) in [6.07, 6.45) is 10.6. The Hall–Kier alpha value is -0.890. The van der Waals surface area contributed by atoms with Gasteiger partial charge >= 0.3 is 0 Å². The van der Waals surface area contributed by atoms with Gasteiger partial charge in [0.25, 0.3) is 0 Å². The van der Waals surface area contributed by atoms with Gasteiger partial charge in [0, 0.05) is 30.9 Å². The Morgan fingerprint density at radius 1 is 1.05 bits per heavy atom. The highest BCUT2D eigenvalue weighted by atomic mass is 15.1. The number of nitrogens with zero attached hydrogens (tertiary/aromatic N) is 2. The predicted octanol–water partition coefficient (Wildman–Crippen LogP) is 3.38. The van der Waals surface area contributed by atoms with Gasteiger partial charge in [-0.2, -0.15) is 0 Å². The lowest BCUT2D eigenvalue weighted by Crippen LogP contribution is -2.55. The summed E-state index contributed by atoms with van der Waals surface area (Å²) in [7, 11) is 2.36. The molecule has 4 fully saturated rings. The number of hydrogen-bond donors (Lipinski definition) is 0. The maximum Gasteiger partial charge on any atom is 0.0416 e. The van der Waals surface area contributed by atoms with Crippen LogP contribution in [0.3, 0.4) is 0 Å². The molecule has 4 aliphatic rings. The van der Waals surface area contributed by atoms with Gasteiger partial charge in [0.1, 0.15) is 0 Å². The first-order valence-electron chi connectivity index (χ1n) is 8.39. The summed E-state index contributed by atoms with van der Waals surface area (Å²) in [4.78, 5) is 7.13. The normalized spacial score (nSPS) is 38.6. The molecule has 1 heterocycles. The van der Waals surface area contributed by atoms with E-state index in [1.54, 1.807) is 6.42 Å². The van der Waals surface area contributed by atoms with Crippen LogP contribution in [0.4, 0.5) is 0 Å². The third kappa shape index (κ3) is 2.28. The molecule has 2 heteroatoms. The summed E-state index contributed by atoms with van der Waals surface area (Å²) in [5, 5.41) is 0. The topological polar surface area (TPSA) is 16.1 Å². The Kier molecular flexibility index (Phi) is 3.30. The molecule has 4 aliphatic carbocycles. The van der Waals surface area contributed by atoms with Crippen molar-refractivity contribution in [3.05, 3.63) is 30.1 Å². The number of rotatable bonds is 4. The van der Waals surface area contributed by atoms with E-state index in [0.29, 0.717) is 0 Å². The molecule has 2 nitrogen and oxygen atoms in total. The van der Waals surface area contributed by atoms with Crippen LogP contribution in [0.25, 0.3) is 0 Å². The van der Waals surface area contributed by atoms with Crippen LogP contribution < -0.4 is 0 Å². The van der Waals surface area contributed by atoms with E-state index in [9.17, 15) is 0 Å². The molecule has 0 saturated heterocycles. The number of aromatic nitrogens is 1. The van der Waals surface area contributed by atoms with Crippen LogP contribution in [-0.4, -0.2) is 29.5 Å². The van der Waals surface area contributed by atoms with Gasteiger partial charge in [-0.25, -0.2) is 0 Å². The molecule has 5 rings (SSSR count). The molecule has 0 spiro atoms. The van der Waals surface area contributed by atoms with Crippen LogP contribution in [0.15, 0.2) is 24.4 Å². The summed E-state index contributed by atoms with van der Waals surface area (Å²) in [6, 6.07) is 7.13. The molecule has 0 aromatic carbocycles. The van der Waals surface area contributed by atoms with E-state index in [-0.39, 0.29) is 0 Å². The number of hydrogen-bond acceptors (Lipinski definition) is 2. The lowest BCUT2D eigenvalue weighted by molar-refractivity contribution is -0.0570. The van der Waals surface area contributed by atoms with E-state index in [4.69, 9.17) is 0 Å². The van der Waals surface area contributed by atoms with Gasteiger partial charge in [-0.05, 0) is 75.0 Å². The van der Waals surface area contributed by atoms with Crippen molar-refractivity contribution < 1.29 is 0 Å². The van der Waals surface area contributed by atoms with E-state index < -0.39 is 0 Å². The standard InChI is InChI=1S/C18H26N2/c1-20(7-5-17-4-2-3-6-19-17)18-15-9-13-8-14(11-15)12-16(18)10-13/h2-4,6,13-16,18H,5,7-12H2,1H3. The van der Waals surface area contributed by atoms with Crippen molar-refractivity contribution in [2.24, 2.45) is 23.7 Å². The van der Waals surface area contributed by atoms with E-state index in [1.165, 1.54) is 37.9 Å².